The minimum atomic E-state index is -1.23. The van der Waals surface area contributed by atoms with Crippen LogP contribution in [0.1, 0.15) is 72.1 Å². The van der Waals surface area contributed by atoms with Crippen LogP contribution in [0.25, 0.3) is 0 Å². The predicted octanol–water partition coefficient (Wildman–Crippen LogP) is 4.29. The summed E-state index contributed by atoms with van der Waals surface area (Å²) < 4.78 is 0. The minimum absolute atomic E-state index is 0.0824. The van der Waals surface area contributed by atoms with Crippen molar-refractivity contribution in [1.82, 2.24) is 0 Å². The summed E-state index contributed by atoms with van der Waals surface area (Å²) in [5.41, 5.74) is -1.28. The Morgan fingerprint density at radius 3 is 2.56 bits per heavy atom. The Labute approximate surface area is 159 Å². The van der Waals surface area contributed by atoms with E-state index in [0.29, 0.717) is 29.5 Å². The maximum atomic E-state index is 12.4. The van der Waals surface area contributed by atoms with Gasteiger partial charge in [0, 0.05) is 18.3 Å². The molecule has 4 aliphatic carbocycles. The van der Waals surface area contributed by atoms with Gasteiger partial charge in [-0.25, -0.2) is 0 Å². The van der Waals surface area contributed by atoms with Gasteiger partial charge in [0.1, 0.15) is 11.4 Å². The topological polar surface area (TPSA) is 54.4 Å². The van der Waals surface area contributed by atoms with E-state index in [0.717, 1.165) is 51.4 Å². The lowest BCUT2D eigenvalue weighted by Gasteiger charge is -2.60. The molecule has 4 saturated carbocycles. The van der Waals surface area contributed by atoms with Crippen LogP contribution in [0.2, 0.25) is 0 Å². The molecule has 140 valence electrons. The molecule has 4 fully saturated rings. The lowest BCUT2D eigenvalue weighted by Crippen LogP contribution is -2.59. The molecule has 0 radical (unpaired) electrons. The van der Waals surface area contributed by atoms with Crippen molar-refractivity contribution in [3.8, 4) is 0 Å². The molecule has 8 atom stereocenters. The van der Waals surface area contributed by atoms with Gasteiger partial charge in [-0.2, -0.15) is 0 Å². The van der Waals surface area contributed by atoms with Crippen LogP contribution in [-0.4, -0.2) is 27.1 Å². The third kappa shape index (κ3) is 2.19. The number of hydrogen-bond acceptors (Lipinski definition) is 3. The number of carbonyl (C=O) groups is 2. The predicted molar refractivity (Wildman–Crippen MR) is 100 cm³/mol. The van der Waals surface area contributed by atoms with Crippen LogP contribution < -0.4 is 0 Å². The zero-order valence-corrected chi connectivity index (χ0v) is 17.3. The number of fused-ring (bicyclic) bond motifs is 5. The van der Waals surface area contributed by atoms with Crippen molar-refractivity contribution in [1.29, 1.82) is 0 Å². The highest BCUT2D eigenvalue weighted by Gasteiger charge is 2.69. The number of Topliss-reactive ketones (excluding diaryl/α,β-unsaturated/α-hetero) is 2. The van der Waals surface area contributed by atoms with Crippen LogP contribution in [-0.2, 0) is 9.59 Å². The molecule has 3 nitrogen and oxygen atoms in total. The van der Waals surface area contributed by atoms with Crippen molar-refractivity contribution in [3.05, 3.63) is 0 Å². The van der Waals surface area contributed by atoms with E-state index in [9.17, 15) is 14.7 Å². The van der Waals surface area contributed by atoms with Crippen molar-refractivity contribution < 1.29 is 14.7 Å². The summed E-state index contributed by atoms with van der Waals surface area (Å²) >= 11 is 3.68. The summed E-state index contributed by atoms with van der Waals surface area (Å²) in [6.07, 6.45) is 7.77. The molecule has 4 rings (SSSR count). The maximum absolute atomic E-state index is 12.4. The highest BCUT2D eigenvalue weighted by molar-refractivity contribution is 9.09. The molecular formula is C21H31BrO3. The van der Waals surface area contributed by atoms with Crippen molar-refractivity contribution >= 4 is 27.5 Å². The second-order valence-corrected chi connectivity index (χ2v) is 11.0. The van der Waals surface area contributed by atoms with Gasteiger partial charge in [0.15, 0.2) is 5.78 Å². The molecule has 4 heteroatoms. The highest BCUT2D eigenvalue weighted by Crippen LogP contribution is 2.68. The van der Waals surface area contributed by atoms with E-state index in [-0.39, 0.29) is 21.4 Å². The van der Waals surface area contributed by atoms with Crippen LogP contribution in [0.4, 0.5) is 0 Å². The lowest BCUT2D eigenvalue weighted by atomic mass is 9.44. The smallest absolute Gasteiger partial charge is 0.163 e. The van der Waals surface area contributed by atoms with Crippen LogP contribution in [0.3, 0.4) is 0 Å². The fourth-order valence-electron chi connectivity index (χ4n) is 7.65. The molecule has 0 amide bonds. The number of rotatable bonds is 1. The normalized spacial score (nSPS) is 55.2. The second-order valence-electron chi connectivity index (χ2n) is 9.88. The fourth-order valence-corrected chi connectivity index (χ4v) is 8.90. The summed E-state index contributed by atoms with van der Waals surface area (Å²) in [4.78, 5) is 24.3. The fraction of sp³-hybridized carbons (Fsp3) is 0.905. The van der Waals surface area contributed by atoms with Gasteiger partial charge in [0.25, 0.3) is 0 Å². The Balaban J connectivity index is 1.68. The largest absolute Gasteiger partial charge is 0.380 e. The van der Waals surface area contributed by atoms with E-state index in [2.05, 4.69) is 29.8 Å². The maximum Gasteiger partial charge on any atom is 0.163 e. The molecule has 0 aromatic rings. The first-order valence-corrected chi connectivity index (χ1v) is 11.0. The summed E-state index contributed by atoms with van der Waals surface area (Å²) in [5, 5.41) is 11.4. The summed E-state index contributed by atoms with van der Waals surface area (Å²) in [6.45, 7) is 6.15. The van der Waals surface area contributed by atoms with Crippen LogP contribution >= 0.6 is 15.9 Å². The first-order valence-electron chi connectivity index (χ1n) is 10.0. The molecule has 0 heterocycles. The molecule has 0 bridgehead atoms. The monoisotopic (exact) mass is 410 g/mol. The Morgan fingerprint density at radius 2 is 1.88 bits per heavy atom. The molecular weight excluding hydrogens is 380 g/mol. The molecule has 0 spiro atoms. The molecule has 0 unspecified atom stereocenters. The molecule has 25 heavy (non-hydrogen) atoms. The van der Waals surface area contributed by atoms with E-state index < -0.39 is 5.60 Å². The zero-order chi connectivity index (χ0) is 18.2. The number of hydrogen-bond donors (Lipinski definition) is 1. The number of ketones is 2. The molecule has 4 aliphatic rings. The number of aliphatic hydroxyl groups is 1. The summed E-state index contributed by atoms with van der Waals surface area (Å²) in [7, 11) is 0. The molecule has 1 N–H and O–H groups in total. The van der Waals surface area contributed by atoms with Gasteiger partial charge in [0.2, 0.25) is 0 Å². The van der Waals surface area contributed by atoms with E-state index in [1.807, 2.05) is 0 Å². The first kappa shape index (κ1) is 18.2. The quantitative estimate of drug-likeness (QED) is 0.655. The SMILES string of the molecule is CC(=O)[C@@]1(O)[C@H](Br)C[C@H]2[C@@H]3CC[C@H]4CC(=O)CC[C@]4(C)[C@@H]3CC[C@@]21C. The van der Waals surface area contributed by atoms with Gasteiger partial charge in [-0.3, -0.25) is 9.59 Å². The number of carbonyl (C=O) groups excluding carboxylic acids is 2. The first-order chi connectivity index (χ1) is 11.6. The van der Waals surface area contributed by atoms with E-state index in [1.54, 1.807) is 6.92 Å². The standard InChI is InChI=1S/C21H31BrO3/c1-12(23)21(25)18(22)11-17-15-5-4-13-10-14(24)6-8-19(13,2)16(15)7-9-20(17,21)3/h13,15-18,25H,4-11H2,1-3H3/t13-,15+,16+,17-,18+,19-,20-,21+/m0/s1. The summed E-state index contributed by atoms with van der Waals surface area (Å²) in [6, 6.07) is 0. The Hall–Kier alpha value is -0.220. The molecule has 0 aliphatic heterocycles. The van der Waals surface area contributed by atoms with Crippen molar-refractivity contribution in [2.45, 2.75) is 82.6 Å². The average Bonchev–Trinajstić information content (AvgIpc) is 2.77. The van der Waals surface area contributed by atoms with Gasteiger partial charge < -0.3 is 5.11 Å². The van der Waals surface area contributed by atoms with E-state index >= 15 is 0 Å². The van der Waals surface area contributed by atoms with Gasteiger partial charge in [-0.1, -0.05) is 29.8 Å². The summed E-state index contributed by atoms with van der Waals surface area (Å²) in [5.74, 6) is 2.55. The Bertz CT molecular complexity index is 618. The van der Waals surface area contributed by atoms with E-state index in [4.69, 9.17) is 0 Å². The Kier molecular flexibility index (Phi) is 4.10. The Morgan fingerprint density at radius 1 is 1.16 bits per heavy atom. The minimum Gasteiger partial charge on any atom is -0.380 e. The van der Waals surface area contributed by atoms with Gasteiger partial charge in [0.05, 0.1) is 4.83 Å². The van der Waals surface area contributed by atoms with Crippen LogP contribution in [0.5, 0.6) is 0 Å². The van der Waals surface area contributed by atoms with E-state index in [1.165, 1.54) is 0 Å². The third-order valence-electron chi connectivity index (χ3n) is 9.19. The van der Waals surface area contributed by atoms with Crippen molar-refractivity contribution in [2.75, 3.05) is 0 Å². The van der Waals surface area contributed by atoms with Crippen LogP contribution in [0, 0.1) is 34.5 Å². The molecule has 0 aromatic heterocycles. The van der Waals surface area contributed by atoms with Gasteiger partial charge in [-0.05, 0) is 74.5 Å². The zero-order valence-electron chi connectivity index (χ0n) is 15.7. The lowest BCUT2D eigenvalue weighted by molar-refractivity contribution is -0.168. The second kappa shape index (κ2) is 5.64. The van der Waals surface area contributed by atoms with Crippen molar-refractivity contribution in [3.63, 3.8) is 0 Å². The van der Waals surface area contributed by atoms with Gasteiger partial charge >= 0.3 is 0 Å². The number of halogens is 1. The van der Waals surface area contributed by atoms with Crippen LogP contribution in [0.15, 0.2) is 0 Å². The van der Waals surface area contributed by atoms with Gasteiger partial charge in [-0.15, -0.1) is 0 Å². The average molecular weight is 411 g/mol. The third-order valence-corrected chi connectivity index (χ3v) is 10.2. The molecule has 0 saturated heterocycles. The van der Waals surface area contributed by atoms with Crippen molar-refractivity contribution in [2.24, 2.45) is 34.5 Å². The molecule has 0 aromatic carbocycles. The number of alkyl halides is 1. The highest BCUT2D eigenvalue weighted by atomic mass is 79.9.